The highest BCUT2D eigenvalue weighted by molar-refractivity contribution is 5.28. The molecule has 0 atom stereocenters. The molecule has 1 heterocycles. The molecule has 1 aromatic carbocycles. The third-order valence-electron chi connectivity index (χ3n) is 2.37. The van der Waals surface area contributed by atoms with E-state index < -0.39 is 0 Å². The van der Waals surface area contributed by atoms with Crippen molar-refractivity contribution < 1.29 is 9.63 Å². The van der Waals surface area contributed by atoms with Gasteiger partial charge in [-0.25, -0.2) is 0 Å². The lowest BCUT2D eigenvalue weighted by Gasteiger charge is -1.97. The lowest BCUT2D eigenvalue weighted by Crippen LogP contribution is -2.11. The van der Waals surface area contributed by atoms with Gasteiger partial charge in [-0.1, -0.05) is 17.3 Å². The quantitative estimate of drug-likeness (QED) is 0.810. The van der Waals surface area contributed by atoms with Crippen molar-refractivity contribution in [2.45, 2.75) is 12.8 Å². The highest BCUT2D eigenvalue weighted by Crippen LogP contribution is 2.14. The molecule has 17 heavy (non-hydrogen) atoms. The Balaban J connectivity index is 2.01. The van der Waals surface area contributed by atoms with E-state index in [2.05, 4.69) is 15.5 Å². The van der Waals surface area contributed by atoms with Gasteiger partial charge in [0.2, 0.25) is 5.89 Å². The number of phenolic OH excluding ortho intramolecular Hbond substituents is 1. The Morgan fingerprint density at radius 2 is 2.29 bits per heavy atom. The van der Waals surface area contributed by atoms with E-state index in [-0.39, 0.29) is 5.75 Å². The number of nitrogens with one attached hydrogen (secondary N) is 1. The number of hydrogen-bond acceptors (Lipinski definition) is 5. The summed E-state index contributed by atoms with van der Waals surface area (Å²) in [4.78, 5) is 4.27. The Hall–Kier alpha value is -1.88. The molecule has 0 aliphatic heterocycles. The van der Waals surface area contributed by atoms with Crippen LogP contribution < -0.4 is 5.32 Å². The number of benzene rings is 1. The van der Waals surface area contributed by atoms with Crippen molar-refractivity contribution in [3.63, 3.8) is 0 Å². The summed E-state index contributed by atoms with van der Waals surface area (Å²) in [5, 5.41) is 16.2. The first-order chi connectivity index (χ1) is 8.28. The van der Waals surface area contributed by atoms with Crippen LogP contribution in [-0.2, 0) is 12.8 Å². The summed E-state index contributed by atoms with van der Waals surface area (Å²) in [6.45, 7) is 0.825. The van der Waals surface area contributed by atoms with Crippen LogP contribution in [0.1, 0.15) is 17.3 Å². The molecule has 0 unspecified atom stereocenters. The predicted molar refractivity (Wildman–Crippen MR) is 62.8 cm³/mol. The van der Waals surface area contributed by atoms with Gasteiger partial charge in [-0.3, -0.25) is 0 Å². The molecule has 2 N–H and O–H groups in total. The lowest BCUT2D eigenvalue weighted by molar-refractivity contribution is 0.379. The van der Waals surface area contributed by atoms with Crippen LogP contribution >= 0.6 is 0 Å². The zero-order valence-corrected chi connectivity index (χ0v) is 9.68. The SMILES string of the molecule is CNCCc1noc(Cc2cccc(O)c2)n1. The first-order valence-corrected chi connectivity index (χ1v) is 5.52. The van der Waals surface area contributed by atoms with E-state index in [0.29, 0.717) is 18.1 Å². The Bertz CT molecular complexity index is 482. The van der Waals surface area contributed by atoms with Gasteiger partial charge in [-0.15, -0.1) is 0 Å². The zero-order valence-electron chi connectivity index (χ0n) is 9.68. The normalized spacial score (nSPS) is 10.6. The molecule has 0 saturated heterocycles. The zero-order chi connectivity index (χ0) is 12.1. The second-order valence-corrected chi connectivity index (χ2v) is 3.80. The Morgan fingerprint density at radius 1 is 1.41 bits per heavy atom. The average Bonchev–Trinajstić information content (AvgIpc) is 2.74. The van der Waals surface area contributed by atoms with Gasteiger partial charge in [0.25, 0.3) is 0 Å². The van der Waals surface area contributed by atoms with E-state index in [1.165, 1.54) is 0 Å². The van der Waals surface area contributed by atoms with Crippen LogP contribution in [0.2, 0.25) is 0 Å². The van der Waals surface area contributed by atoms with Crippen molar-refractivity contribution in [1.82, 2.24) is 15.5 Å². The molecule has 0 saturated carbocycles. The Morgan fingerprint density at radius 3 is 3.06 bits per heavy atom. The van der Waals surface area contributed by atoms with Gasteiger partial charge in [0.05, 0.1) is 6.42 Å². The van der Waals surface area contributed by atoms with E-state index in [4.69, 9.17) is 4.52 Å². The molecule has 2 rings (SSSR count). The third kappa shape index (κ3) is 3.29. The van der Waals surface area contributed by atoms with Crippen molar-refractivity contribution in [3.05, 3.63) is 41.5 Å². The summed E-state index contributed by atoms with van der Waals surface area (Å²) >= 11 is 0. The molecule has 90 valence electrons. The first-order valence-electron chi connectivity index (χ1n) is 5.52. The summed E-state index contributed by atoms with van der Waals surface area (Å²) in [6.07, 6.45) is 1.29. The van der Waals surface area contributed by atoms with Gasteiger partial charge in [0, 0.05) is 13.0 Å². The minimum Gasteiger partial charge on any atom is -0.508 e. The van der Waals surface area contributed by atoms with Crippen LogP contribution in [0.3, 0.4) is 0 Å². The maximum Gasteiger partial charge on any atom is 0.231 e. The van der Waals surface area contributed by atoms with Crippen molar-refractivity contribution >= 4 is 0 Å². The van der Waals surface area contributed by atoms with Crippen LogP contribution in [0, 0.1) is 0 Å². The molecule has 0 aliphatic carbocycles. The fourth-order valence-electron chi connectivity index (χ4n) is 1.54. The van der Waals surface area contributed by atoms with Gasteiger partial charge in [0.15, 0.2) is 5.82 Å². The molecule has 5 heteroatoms. The van der Waals surface area contributed by atoms with E-state index >= 15 is 0 Å². The molecule has 0 bridgehead atoms. The van der Waals surface area contributed by atoms with Crippen molar-refractivity contribution in [3.8, 4) is 5.75 Å². The second kappa shape index (κ2) is 5.45. The fourth-order valence-corrected chi connectivity index (χ4v) is 1.54. The van der Waals surface area contributed by atoms with Gasteiger partial charge in [0.1, 0.15) is 5.75 Å². The third-order valence-corrected chi connectivity index (χ3v) is 2.37. The predicted octanol–water partition coefficient (Wildman–Crippen LogP) is 1.13. The topological polar surface area (TPSA) is 71.2 Å². The number of likely N-dealkylation sites (N-methyl/N-ethyl adjacent to an activating group) is 1. The molecule has 0 fully saturated rings. The molecular weight excluding hydrogens is 218 g/mol. The molecule has 0 radical (unpaired) electrons. The Kier molecular flexibility index (Phi) is 3.72. The summed E-state index contributed by atoms with van der Waals surface area (Å²) in [5.74, 6) is 1.52. The van der Waals surface area contributed by atoms with Crippen molar-refractivity contribution in [2.24, 2.45) is 0 Å². The monoisotopic (exact) mass is 233 g/mol. The summed E-state index contributed by atoms with van der Waals surface area (Å²) in [7, 11) is 1.88. The maximum atomic E-state index is 9.34. The van der Waals surface area contributed by atoms with E-state index in [9.17, 15) is 5.11 Å². The molecular formula is C12H15N3O2. The van der Waals surface area contributed by atoms with E-state index in [1.54, 1.807) is 18.2 Å². The number of hydrogen-bond donors (Lipinski definition) is 2. The highest BCUT2D eigenvalue weighted by atomic mass is 16.5. The molecule has 1 aromatic heterocycles. The number of nitrogens with zero attached hydrogens (tertiary/aromatic N) is 2. The lowest BCUT2D eigenvalue weighted by atomic mass is 10.1. The van der Waals surface area contributed by atoms with E-state index in [1.807, 2.05) is 13.1 Å². The summed E-state index contributed by atoms with van der Waals surface area (Å²) in [5.41, 5.74) is 0.953. The van der Waals surface area contributed by atoms with E-state index in [0.717, 1.165) is 18.5 Å². The van der Waals surface area contributed by atoms with Gasteiger partial charge < -0.3 is 14.9 Å². The van der Waals surface area contributed by atoms with Crippen molar-refractivity contribution in [2.75, 3.05) is 13.6 Å². The minimum atomic E-state index is 0.248. The molecule has 2 aromatic rings. The molecule has 0 amide bonds. The molecule has 0 spiro atoms. The molecule has 5 nitrogen and oxygen atoms in total. The maximum absolute atomic E-state index is 9.34. The van der Waals surface area contributed by atoms with Gasteiger partial charge in [-0.05, 0) is 24.7 Å². The highest BCUT2D eigenvalue weighted by Gasteiger charge is 2.07. The number of aromatic nitrogens is 2. The first kappa shape index (κ1) is 11.6. The Labute approximate surface area is 99.5 Å². The van der Waals surface area contributed by atoms with Gasteiger partial charge >= 0.3 is 0 Å². The number of phenols is 1. The number of rotatable bonds is 5. The summed E-state index contributed by atoms with van der Waals surface area (Å²) in [6, 6.07) is 7.03. The van der Waals surface area contributed by atoms with Crippen molar-refractivity contribution in [1.29, 1.82) is 0 Å². The summed E-state index contributed by atoms with van der Waals surface area (Å²) < 4.78 is 5.13. The van der Waals surface area contributed by atoms with Crippen LogP contribution in [0.25, 0.3) is 0 Å². The van der Waals surface area contributed by atoms with Crippen LogP contribution in [0.5, 0.6) is 5.75 Å². The smallest absolute Gasteiger partial charge is 0.231 e. The molecule has 0 aliphatic rings. The minimum absolute atomic E-state index is 0.248. The average molecular weight is 233 g/mol. The van der Waals surface area contributed by atoms with Crippen LogP contribution in [0.15, 0.2) is 28.8 Å². The number of aromatic hydroxyl groups is 1. The standard InChI is InChI=1S/C12H15N3O2/c1-13-6-5-11-14-12(17-15-11)8-9-3-2-4-10(16)7-9/h2-4,7,13,16H,5-6,8H2,1H3. The second-order valence-electron chi connectivity index (χ2n) is 3.80. The largest absolute Gasteiger partial charge is 0.508 e. The van der Waals surface area contributed by atoms with Crippen LogP contribution in [0.4, 0.5) is 0 Å². The van der Waals surface area contributed by atoms with Gasteiger partial charge in [-0.2, -0.15) is 4.98 Å². The fraction of sp³-hybridized carbons (Fsp3) is 0.333. The van der Waals surface area contributed by atoms with Crippen LogP contribution in [-0.4, -0.2) is 28.8 Å².